The van der Waals surface area contributed by atoms with Gasteiger partial charge in [0.2, 0.25) is 5.91 Å². The SMILES string of the molecule is CCCCc1cc(=O)oc2cc(OCC(=O)NCC(=O)NCC(=O)O)ccc12. The lowest BCUT2D eigenvalue weighted by atomic mass is 10.0. The lowest BCUT2D eigenvalue weighted by Gasteiger charge is -2.09. The van der Waals surface area contributed by atoms with Crippen LogP contribution in [-0.4, -0.2) is 42.6 Å². The number of carbonyl (C=O) groups is 3. The Morgan fingerprint density at radius 3 is 2.57 bits per heavy atom. The first-order chi connectivity index (χ1) is 13.4. The van der Waals surface area contributed by atoms with Gasteiger partial charge in [0.05, 0.1) is 6.54 Å². The standard InChI is InChI=1S/C19H22N2O7/c1-2-3-4-12-7-19(26)28-15-8-13(5-6-14(12)15)27-11-17(23)20-9-16(22)21-10-18(24)25/h5-8H,2-4,9-11H2,1H3,(H,20,23)(H,21,22)(H,24,25). The van der Waals surface area contributed by atoms with Gasteiger partial charge in [0.15, 0.2) is 6.61 Å². The maximum atomic E-state index is 11.7. The summed E-state index contributed by atoms with van der Waals surface area (Å²) in [6.45, 7) is 0.842. The Bertz CT molecular complexity index is 920. The Morgan fingerprint density at radius 2 is 1.86 bits per heavy atom. The van der Waals surface area contributed by atoms with Gasteiger partial charge in [0.25, 0.3) is 5.91 Å². The maximum absolute atomic E-state index is 11.7. The van der Waals surface area contributed by atoms with Gasteiger partial charge in [0, 0.05) is 17.5 Å². The minimum atomic E-state index is -1.18. The average Bonchev–Trinajstić information content (AvgIpc) is 2.66. The van der Waals surface area contributed by atoms with E-state index in [1.807, 2.05) is 0 Å². The molecule has 0 bridgehead atoms. The summed E-state index contributed by atoms with van der Waals surface area (Å²) in [5.41, 5.74) is 0.843. The largest absolute Gasteiger partial charge is 0.484 e. The third-order valence-electron chi connectivity index (χ3n) is 3.85. The lowest BCUT2D eigenvalue weighted by Crippen LogP contribution is -2.40. The monoisotopic (exact) mass is 390 g/mol. The first-order valence-electron chi connectivity index (χ1n) is 8.83. The molecule has 0 radical (unpaired) electrons. The Kier molecular flexibility index (Phi) is 7.55. The molecule has 3 N–H and O–H groups in total. The molecule has 2 rings (SSSR count). The quantitative estimate of drug-likeness (QED) is 0.511. The third kappa shape index (κ3) is 6.42. The summed E-state index contributed by atoms with van der Waals surface area (Å²) in [7, 11) is 0. The second kappa shape index (κ2) is 10.1. The summed E-state index contributed by atoms with van der Waals surface area (Å²) in [6.07, 6.45) is 2.73. The van der Waals surface area contributed by atoms with Gasteiger partial charge in [-0.05, 0) is 30.5 Å². The molecule has 2 amide bonds. The van der Waals surface area contributed by atoms with E-state index >= 15 is 0 Å². The van der Waals surface area contributed by atoms with Crippen LogP contribution in [0.1, 0.15) is 25.3 Å². The van der Waals surface area contributed by atoms with E-state index in [0.29, 0.717) is 11.3 Å². The topological polar surface area (TPSA) is 135 Å². The number of aliphatic carboxylic acids is 1. The Morgan fingerprint density at radius 1 is 1.11 bits per heavy atom. The number of rotatable bonds is 10. The average molecular weight is 390 g/mol. The van der Waals surface area contributed by atoms with Crippen LogP contribution < -0.4 is 21.0 Å². The van der Waals surface area contributed by atoms with E-state index in [1.54, 1.807) is 18.2 Å². The molecule has 1 heterocycles. The molecule has 0 aliphatic heterocycles. The molecule has 0 saturated carbocycles. The highest BCUT2D eigenvalue weighted by atomic mass is 16.5. The number of nitrogens with one attached hydrogen (secondary N) is 2. The van der Waals surface area contributed by atoms with Gasteiger partial charge in [-0.1, -0.05) is 13.3 Å². The van der Waals surface area contributed by atoms with Gasteiger partial charge in [-0.25, -0.2) is 4.79 Å². The van der Waals surface area contributed by atoms with E-state index in [4.69, 9.17) is 14.3 Å². The number of unbranched alkanes of at least 4 members (excludes halogenated alkanes) is 1. The predicted octanol–water partition coefficient (Wildman–Crippen LogP) is 0.831. The summed E-state index contributed by atoms with van der Waals surface area (Å²) in [6, 6.07) is 6.47. The van der Waals surface area contributed by atoms with Gasteiger partial charge in [-0.3, -0.25) is 14.4 Å². The van der Waals surface area contributed by atoms with Gasteiger partial charge in [0.1, 0.15) is 17.9 Å². The molecular weight excluding hydrogens is 368 g/mol. The number of carboxylic acids is 1. The Balaban J connectivity index is 1.93. The summed E-state index contributed by atoms with van der Waals surface area (Å²) in [5.74, 6) is -2.01. The van der Waals surface area contributed by atoms with Crippen molar-refractivity contribution in [1.82, 2.24) is 10.6 Å². The van der Waals surface area contributed by atoms with Crippen molar-refractivity contribution in [1.29, 1.82) is 0 Å². The molecular formula is C19H22N2O7. The van der Waals surface area contributed by atoms with Crippen LogP contribution in [0.3, 0.4) is 0 Å². The first kappa shape index (κ1) is 20.9. The number of amides is 2. The lowest BCUT2D eigenvalue weighted by molar-refractivity contribution is -0.137. The van der Waals surface area contributed by atoms with Crippen molar-refractivity contribution in [3.8, 4) is 5.75 Å². The molecule has 0 atom stereocenters. The van der Waals surface area contributed by atoms with E-state index in [2.05, 4.69) is 17.6 Å². The number of carbonyl (C=O) groups excluding carboxylic acids is 2. The molecule has 150 valence electrons. The molecule has 0 saturated heterocycles. The van der Waals surface area contributed by atoms with Crippen LogP contribution in [0.5, 0.6) is 5.75 Å². The van der Waals surface area contributed by atoms with Crippen LogP contribution in [0, 0.1) is 0 Å². The minimum Gasteiger partial charge on any atom is -0.484 e. The normalized spacial score (nSPS) is 10.5. The van der Waals surface area contributed by atoms with Gasteiger partial charge in [-0.2, -0.15) is 0 Å². The van der Waals surface area contributed by atoms with Crippen LogP contribution >= 0.6 is 0 Å². The van der Waals surface area contributed by atoms with Crippen LogP contribution in [0.4, 0.5) is 0 Å². The number of aryl methyl sites for hydroxylation is 1. The minimum absolute atomic E-state index is 0.341. The highest BCUT2D eigenvalue weighted by Gasteiger charge is 2.10. The molecule has 2 aromatic rings. The smallest absolute Gasteiger partial charge is 0.336 e. The van der Waals surface area contributed by atoms with Gasteiger partial charge in [-0.15, -0.1) is 0 Å². The molecule has 0 unspecified atom stereocenters. The van der Waals surface area contributed by atoms with E-state index < -0.39 is 30.0 Å². The van der Waals surface area contributed by atoms with Gasteiger partial charge >= 0.3 is 11.6 Å². The molecule has 9 heteroatoms. The van der Waals surface area contributed by atoms with E-state index in [-0.39, 0.29) is 13.2 Å². The van der Waals surface area contributed by atoms with Crippen LogP contribution in [0.2, 0.25) is 0 Å². The number of fused-ring (bicyclic) bond motifs is 1. The number of ether oxygens (including phenoxy) is 1. The highest BCUT2D eigenvalue weighted by Crippen LogP contribution is 2.23. The zero-order valence-corrected chi connectivity index (χ0v) is 15.4. The highest BCUT2D eigenvalue weighted by molar-refractivity contribution is 5.87. The van der Waals surface area contributed by atoms with Crippen molar-refractivity contribution in [3.63, 3.8) is 0 Å². The molecule has 28 heavy (non-hydrogen) atoms. The van der Waals surface area contributed by atoms with Crippen molar-refractivity contribution >= 4 is 28.8 Å². The number of hydrogen-bond acceptors (Lipinski definition) is 6. The molecule has 1 aromatic heterocycles. The van der Waals surface area contributed by atoms with Crippen LogP contribution in [0.15, 0.2) is 33.5 Å². The molecule has 1 aromatic carbocycles. The number of hydrogen-bond donors (Lipinski definition) is 3. The maximum Gasteiger partial charge on any atom is 0.336 e. The molecule has 0 fully saturated rings. The predicted molar refractivity (Wildman–Crippen MR) is 100 cm³/mol. The number of carboxylic acid groups (broad SMARTS) is 1. The second-order valence-corrected chi connectivity index (χ2v) is 6.09. The van der Waals surface area contributed by atoms with Crippen LogP contribution in [-0.2, 0) is 20.8 Å². The van der Waals surface area contributed by atoms with Crippen molar-refractivity contribution in [3.05, 3.63) is 40.2 Å². The Labute approximate surface area is 160 Å². The number of benzene rings is 1. The van der Waals surface area contributed by atoms with Crippen molar-refractivity contribution in [2.75, 3.05) is 19.7 Å². The van der Waals surface area contributed by atoms with Crippen LogP contribution in [0.25, 0.3) is 11.0 Å². The summed E-state index contributed by atoms with van der Waals surface area (Å²) in [5, 5.41) is 13.7. The first-order valence-corrected chi connectivity index (χ1v) is 8.83. The summed E-state index contributed by atoms with van der Waals surface area (Å²) < 4.78 is 10.6. The summed E-state index contributed by atoms with van der Waals surface area (Å²) >= 11 is 0. The molecule has 0 aliphatic carbocycles. The van der Waals surface area contributed by atoms with E-state index in [9.17, 15) is 19.2 Å². The second-order valence-electron chi connectivity index (χ2n) is 6.09. The fourth-order valence-electron chi connectivity index (χ4n) is 2.49. The molecule has 0 aliphatic rings. The Hall–Kier alpha value is -3.36. The van der Waals surface area contributed by atoms with Crippen molar-refractivity contribution in [2.45, 2.75) is 26.2 Å². The molecule has 9 nitrogen and oxygen atoms in total. The van der Waals surface area contributed by atoms with E-state index in [0.717, 1.165) is 30.2 Å². The third-order valence-corrected chi connectivity index (χ3v) is 3.85. The zero-order chi connectivity index (χ0) is 20.5. The van der Waals surface area contributed by atoms with Crippen molar-refractivity contribution < 1.29 is 28.6 Å². The van der Waals surface area contributed by atoms with Crippen molar-refractivity contribution in [2.24, 2.45) is 0 Å². The van der Waals surface area contributed by atoms with E-state index in [1.165, 1.54) is 6.07 Å². The molecule has 0 spiro atoms. The summed E-state index contributed by atoms with van der Waals surface area (Å²) in [4.78, 5) is 45.2. The fraction of sp³-hybridized carbons (Fsp3) is 0.368. The fourth-order valence-corrected chi connectivity index (χ4v) is 2.49. The van der Waals surface area contributed by atoms with Gasteiger partial charge < -0.3 is 24.9 Å². The zero-order valence-electron chi connectivity index (χ0n) is 15.4.